The molecule has 0 radical (unpaired) electrons. The van der Waals surface area contributed by atoms with E-state index in [-0.39, 0.29) is 16.7 Å². The highest BCUT2D eigenvalue weighted by Gasteiger charge is 2.34. The monoisotopic (exact) mass is 272 g/mol. The van der Waals surface area contributed by atoms with Gasteiger partial charge in [0.1, 0.15) is 0 Å². The molecule has 0 fully saturated rings. The molecular weight excluding hydrogens is 263 g/mol. The summed E-state index contributed by atoms with van der Waals surface area (Å²) in [7, 11) is 0. The van der Waals surface area contributed by atoms with Crippen LogP contribution in [0.3, 0.4) is 0 Å². The van der Waals surface area contributed by atoms with Gasteiger partial charge in [0.25, 0.3) is 0 Å². The summed E-state index contributed by atoms with van der Waals surface area (Å²) in [4.78, 5) is 0. The first-order valence-corrected chi connectivity index (χ1v) is 5.43. The van der Waals surface area contributed by atoms with Crippen molar-refractivity contribution >= 4 is 0 Å². The Hall–Kier alpha value is -1.91. The van der Waals surface area contributed by atoms with Crippen molar-refractivity contribution in [3.63, 3.8) is 0 Å². The van der Waals surface area contributed by atoms with Gasteiger partial charge in [-0.1, -0.05) is 24.3 Å². The zero-order valence-corrected chi connectivity index (χ0v) is 9.85. The third-order valence-corrected chi connectivity index (χ3v) is 2.80. The number of hydrogen-bond donors (Lipinski definition) is 0. The second-order valence-electron chi connectivity index (χ2n) is 4.10. The van der Waals surface area contributed by atoms with Crippen molar-refractivity contribution in [3.05, 3.63) is 59.2 Å². The molecule has 0 nitrogen and oxygen atoms in total. The molecule has 100 valence electrons. The van der Waals surface area contributed by atoms with Gasteiger partial charge in [0, 0.05) is 5.56 Å². The third kappa shape index (κ3) is 2.45. The number of rotatable bonds is 1. The molecule has 0 heterocycles. The van der Waals surface area contributed by atoms with Crippen LogP contribution in [0.15, 0.2) is 36.4 Å². The highest BCUT2D eigenvalue weighted by atomic mass is 19.4. The number of hydrogen-bond acceptors (Lipinski definition) is 0. The zero-order valence-electron chi connectivity index (χ0n) is 9.85. The molecule has 5 heteroatoms. The van der Waals surface area contributed by atoms with Crippen LogP contribution in [0.5, 0.6) is 0 Å². The van der Waals surface area contributed by atoms with Gasteiger partial charge in [0.2, 0.25) is 0 Å². The lowest BCUT2D eigenvalue weighted by Crippen LogP contribution is -2.09. The summed E-state index contributed by atoms with van der Waals surface area (Å²) in [6.45, 7) is 1.43. The highest BCUT2D eigenvalue weighted by molar-refractivity contribution is 5.72. The van der Waals surface area contributed by atoms with Crippen molar-refractivity contribution in [2.24, 2.45) is 0 Å². The molecule has 0 saturated carbocycles. The van der Waals surface area contributed by atoms with Crippen LogP contribution in [0.2, 0.25) is 0 Å². The maximum absolute atomic E-state index is 13.7. The number of alkyl halides is 3. The van der Waals surface area contributed by atoms with Gasteiger partial charge in [-0.15, -0.1) is 0 Å². The fourth-order valence-electron chi connectivity index (χ4n) is 1.96. The normalized spacial score (nSPS) is 11.7. The lowest BCUT2D eigenvalue weighted by Gasteiger charge is -2.16. The predicted molar refractivity (Wildman–Crippen MR) is 61.5 cm³/mol. The van der Waals surface area contributed by atoms with Crippen molar-refractivity contribution in [2.45, 2.75) is 13.1 Å². The summed E-state index contributed by atoms with van der Waals surface area (Å²) in [6, 6.07) is 6.70. The van der Waals surface area contributed by atoms with Crippen LogP contribution in [0.25, 0.3) is 11.1 Å². The van der Waals surface area contributed by atoms with Crippen molar-refractivity contribution in [1.29, 1.82) is 0 Å². The molecule has 0 amide bonds. The minimum absolute atomic E-state index is 0.235. The molecule has 0 N–H and O–H groups in total. The maximum Gasteiger partial charge on any atom is 0.417 e. The van der Waals surface area contributed by atoms with Crippen LogP contribution in [-0.4, -0.2) is 0 Å². The molecule has 19 heavy (non-hydrogen) atoms. The van der Waals surface area contributed by atoms with Gasteiger partial charge in [0.05, 0.1) is 5.56 Å². The van der Waals surface area contributed by atoms with Gasteiger partial charge in [-0.3, -0.25) is 0 Å². The Morgan fingerprint density at radius 2 is 1.53 bits per heavy atom. The molecule has 0 spiro atoms. The van der Waals surface area contributed by atoms with E-state index in [4.69, 9.17) is 0 Å². The van der Waals surface area contributed by atoms with E-state index in [1.54, 1.807) is 0 Å². The summed E-state index contributed by atoms with van der Waals surface area (Å²) in [5, 5.41) is 0. The lowest BCUT2D eigenvalue weighted by molar-refractivity contribution is -0.137. The van der Waals surface area contributed by atoms with Crippen LogP contribution in [0, 0.1) is 18.6 Å². The van der Waals surface area contributed by atoms with Crippen molar-refractivity contribution in [3.8, 4) is 11.1 Å². The van der Waals surface area contributed by atoms with E-state index in [2.05, 4.69) is 0 Å². The summed E-state index contributed by atoms with van der Waals surface area (Å²) < 4.78 is 65.7. The van der Waals surface area contributed by atoms with Gasteiger partial charge >= 0.3 is 6.18 Å². The average Bonchev–Trinajstić information content (AvgIpc) is 2.32. The van der Waals surface area contributed by atoms with E-state index in [0.29, 0.717) is 0 Å². The smallest absolute Gasteiger partial charge is 0.204 e. The quantitative estimate of drug-likeness (QED) is 0.644. The Morgan fingerprint density at radius 3 is 2.16 bits per heavy atom. The molecule has 0 aliphatic carbocycles. The lowest BCUT2D eigenvalue weighted by atomic mass is 9.94. The molecule has 0 aliphatic heterocycles. The van der Waals surface area contributed by atoms with Crippen LogP contribution >= 0.6 is 0 Å². The van der Waals surface area contributed by atoms with E-state index in [9.17, 15) is 22.0 Å². The van der Waals surface area contributed by atoms with E-state index < -0.39 is 23.4 Å². The zero-order chi connectivity index (χ0) is 14.2. The third-order valence-electron chi connectivity index (χ3n) is 2.80. The average molecular weight is 272 g/mol. The Kier molecular flexibility index (Phi) is 3.30. The first-order valence-electron chi connectivity index (χ1n) is 5.43. The Labute approximate surface area is 106 Å². The molecule has 0 bridgehead atoms. The maximum atomic E-state index is 13.7. The first-order chi connectivity index (χ1) is 8.82. The van der Waals surface area contributed by atoms with Gasteiger partial charge < -0.3 is 0 Å². The van der Waals surface area contributed by atoms with Gasteiger partial charge in [-0.2, -0.15) is 13.2 Å². The molecule has 0 atom stereocenters. The molecule has 0 saturated heterocycles. The van der Waals surface area contributed by atoms with Crippen molar-refractivity contribution in [1.82, 2.24) is 0 Å². The van der Waals surface area contributed by atoms with Crippen molar-refractivity contribution < 1.29 is 22.0 Å². The summed E-state index contributed by atoms with van der Waals surface area (Å²) in [5.41, 5.74) is -1.45. The standard InChI is InChI=1S/C14H9F5/c1-8-4-2-6-10(14(17,18)19)12(8)9-5-3-7-11(15)13(9)16/h2-7H,1H3. The summed E-state index contributed by atoms with van der Waals surface area (Å²) in [5.74, 6) is -2.45. The van der Waals surface area contributed by atoms with E-state index >= 15 is 0 Å². The summed E-state index contributed by atoms with van der Waals surface area (Å²) >= 11 is 0. The molecule has 0 aliphatic rings. The highest BCUT2D eigenvalue weighted by Crippen LogP contribution is 2.39. The van der Waals surface area contributed by atoms with Crippen molar-refractivity contribution in [2.75, 3.05) is 0 Å². The molecule has 0 aromatic heterocycles. The molecule has 2 rings (SSSR count). The minimum Gasteiger partial charge on any atom is -0.204 e. The van der Waals surface area contributed by atoms with Gasteiger partial charge in [0.15, 0.2) is 11.6 Å². The minimum atomic E-state index is -4.62. The molecule has 2 aromatic rings. The topological polar surface area (TPSA) is 0 Å². The van der Waals surface area contributed by atoms with Crippen LogP contribution < -0.4 is 0 Å². The fraction of sp³-hybridized carbons (Fsp3) is 0.143. The van der Waals surface area contributed by atoms with Crippen LogP contribution in [-0.2, 0) is 6.18 Å². The van der Waals surface area contributed by atoms with Crippen LogP contribution in [0.1, 0.15) is 11.1 Å². The number of benzene rings is 2. The summed E-state index contributed by atoms with van der Waals surface area (Å²) in [6.07, 6.45) is -4.62. The Bertz CT molecular complexity index is 614. The number of halogens is 5. The van der Waals surface area contributed by atoms with Gasteiger partial charge in [-0.05, 0) is 30.2 Å². The van der Waals surface area contributed by atoms with E-state index in [1.807, 2.05) is 0 Å². The molecular formula is C14H9F5. The second-order valence-corrected chi connectivity index (χ2v) is 4.10. The van der Waals surface area contributed by atoms with E-state index in [1.165, 1.54) is 25.1 Å². The molecule has 2 aromatic carbocycles. The fourth-order valence-corrected chi connectivity index (χ4v) is 1.96. The SMILES string of the molecule is Cc1cccc(C(F)(F)F)c1-c1cccc(F)c1F. The van der Waals surface area contributed by atoms with Crippen LogP contribution in [0.4, 0.5) is 22.0 Å². The Morgan fingerprint density at radius 1 is 0.895 bits per heavy atom. The molecule has 0 unspecified atom stereocenters. The first kappa shape index (κ1) is 13.5. The van der Waals surface area contributed by atoms with Gasteiger partial charge in [-0.25, -0.2) is 8.78 Å². The second kappa shape index (κ2) is 4.64. The Balaban J connectivity index is 2.79. The van der Waals surface area contributed by atoms with E-state index in [0.717, 1.165) is 18.2 Å². The predicted octanol–water partition coefficient (Wildman–Crippen LogP) is 4.96. The number of aryl methyl sites for hydroxylation is 1. The largest absolute Gasteiger partial charge is 0.417 e.